The van der Waals surface area contributed by atoms with Gasteiger partial charge in [-0.15, -0.1) is 0 Å². The summed E-state index contributed by atoms with van der Waals surface area (Å²) in [5, 5.41) is 0. The van der Waals surface area contributed by atoms with Crippen molar-refractivity contribution in [2.75, 3.05) is 59.3 Å². The van der Waals surface area contributed by atoms with Crippen LogP contribution < -0.4 is 0 Å². The summed E-state index contributed by atoms with van der Waals surface area (Å²) in [6.07, 6.45) is 32.1. The van der Waals surface area contributed by atoms with Crippen LogP contribution in [0.4, 0.5) is 9.59 Å². The van der Waals surface area contributed by atoms with Crippen molar-refractivity contribution >= 4 is 30.2 Å². The molecule has 0 aliphatic carbocycles. The van der Waals surface area contributed by atoms with Crippen LogP contribution in [0.1, 0.15) is 253 Å². The Hall–Kier alpha value is -3.09. The lowest BCUT2D eigenvalue weighted by molar-refractivity contribution is -0.150. The van der Waals surface area contributed by atoms with Crippen molar-refractivity contribution in [1.82, 2.24) is 4.90 Å². The van der Waals surface area contributed by atoms with Crippen LogP contribution in [0, 0.1) is 5.92 Å². The van der Waals surface area contributed by atoms with Crippen LogP contribution in [-0.2, 0) is 47.5 Å². The number of nitrogens with zero attached hydrogens (tertiary/aromatic N) is 1. The highest BCUT2D eigenvalue weighted by molar-refractivity contribution is 5.70. The predicted octanol–water partition coefficient (Wildman–Crippen LogP) is 14.6. The van der Waals surface area contributed by atoms with Crippen LogP contribution in [0.5, 0.6) is 0 Å². The molecule has 1 unspecified atom stereocenters. The Labute approximate surface area is 415 Å². The number of esters is 3. The molecule has 0 spiro atoms. The second kappa shape index (κ2) is 50.3. The Morgan fingerprint density at radius 3 is 1.18 bits per heavy atom. The number of carbonyl (C=O) groups excluding carboxylic acids is 5. The molecule has 0 aromatic carbocycles. The summed E-state index contributed by atoms with van der Waals surface area (Å²) in [4.78, 5) is 64.5. The summed E-state index contributed by atoms with van der Waals surface area (Å²) in [6, 6.07) is 0. The summed E-state index contributed by atoms with van der Waals surface area (Å²) in [6.45, 7) is 13.8. The van der Waals surface area contributed by atoms with Crippen molar-refractivity contribution in [2.24, 2.45) is 5.92 Å². The fraction of sp³-hybridized carbons (Fsp3) is 0.909. The topological polar surface area (TPSA) is 153 Å². The van der Waals surface area contributed by atoms with Gasteiger partial charge in [-0.3, -0.25) is 14.4 Å². The number of hydrogen-bond acceptors (Lipinski definition) is 13. The van der Waals surface area contributed by atoms with Gasteiger partial charge in [0.1, 0.15) is 25.9 Å². The average Bonchev–Trinajstić information content (AvgIpc) is 3.33. The fourth-order valence-electron chi connectivity index (χ4n) is 7.94. The molecule has 0 saturated carbocycles. The SMILES string of the molecule is CCCCCCCCCCOC(=O)CCCCCC(=O)OCC(COC(=O)OCCCCCCCC(=O)OC(CCCCCCCC)CCCCCCCC)COC(=O)OCCCN(CC)CC. The molecule has 0 saturated heterocycles. The predicted molar refractivity (Wildman–Crippen MR) is 272 cm³/mol. The molecule has 0 aromatic heterocycles. The number of carbonyl (C=O) groups is 5. The van der Waals surface area contributed by atoms with Gasteiger partial charge in [0.05, 0.1) is 25.7 Å². The molecular formula is C55H103NO12. The van der Waals surface area contributed by atoms with Gasteiger partial charge in [0.15, 0.2) is 0 Å². The lowest BCUT2D eigenvalue weighted by Gasteiger charge is -2.18. The van der Waals surface area contributed by atoms with E-state index >= 15 is 0 Å². The second-order valence-electron chi connectivity index (χ2n) is 18.7. The Kier molecular flexibility index (Phi) is 48.0. The number of hydrogen-bond donors (Lipinski definition) is 0. The van der Waals surface area contributed by atoms with Gasteiger partial charge in [-0.1, -0.05) is 169 Å². The van der Waals surface area contributed by atoms with Crippen LogP contribution >= 0.6 is 0 Å². The molecule has 0 rings (SSSR count). The molecule has 0 aliphatic heterocycles. The molecule has 13 nitrogen and oxygen atoms in total. The van der Waals surface area contributed by atoms with Crippen LogP contribution in [0.3, 0.4) is 0 Å². The average molecular weight is 970 g/mol. The molecule has 13 heteroatoms. The Morgan fingerprint density at radius 2 is 0.706 bits per heavy atom. The Morgan fingerprint density at radius 1 is 0.353 bits per heavy atom. The highest BCUT2D eigenvalue weighted by atomic mass is 16.7. The third-order valence-corrected chi connectivity index (χ3v) is 12.4. The monoisotopic (exact) mass is 970 g/mol. The van der Waals surface area contributed by atoms with E-state index < -0.39 is 24.2 Å². The third-order valence-electron chi connectivity index (χ3n) is 12.4. The molecule has 1 atom stereocenters. The molecule has 0 amide bonds. The minimum atomic E-state index is -0.851. The van der Waals surface area contributed by atoms with Gasteiger partial charge in [-0.05, 0) is 77.3 Å². The quantitative estimate of drug-likeness (QED) is 0.0323. The number of ether oxygens (including phenoxy) is 7. The normalized spacial score (nSPS) is 11.7. The molecule has 0 N–H and O–H groups in total. The van der Waals surface area contributed by atoms with Crippen LogP contribution in [0.25, 0.3) is 0 Å². The van der Waals surface area contributed by atoms with Crippen LogP contribution in [0.15, 0.2) is 0 Å². The zero-order valence-electron chi connectivity index (χ0n) is 44.4. The Balaban J connectivity index is 4.57. The van der Waals surface area contributed by atoms with E-state index in [1.165, 1.54) is 103 Å². The van der Waals surface area contributed by atoms with Crippen molar-refractivity contribution in [3.05, 3.63) is 0 Å². The van der Waals surface area contributed by atoms with E-state index in [1.807, 2.05) is 0 Å². The minimum Gasteiger partial charge on any atom is -0.466 e. The maximum absolute atomic E-state index is 12.7. The minimum absolute atomic E-state index is 0.0312. The van der Waals surface area contributed by atoms with Gasteiger partial charge >= 0.3 is 30.2 Å². The van der Waals surface area contributed by atoms with Crippen molar-refractivity contribution in [2.45, 2.75) is 259 Å². The fourth-order valence-corrected chi connectivity index (χ4v) is 7.94. The number of rotatable bonds is 50. The molecular weight excluding hydrogens is 867 g/mol. The highest BCUT2D eigenvalue weighted by Crippen LogP contribution is 2.19. The van der Waals surface area contributed by atoms with Crippen molar-refractivity contribution in [1.29, 1.82) is 0 Å². The summed E-state index contributed by atoms with van der Waals surface area (Å²) in [7, 11) is 0. The van der Waals surface area contributed by atoms with Crippen molar-refractivity contribution in [3.63, 3.8) is 0 Å². The van der Waals surface area contributed by atoms with Crippen LogP contribution in [0.2, 0.25) is 0 Å². The molecule has 0 bridgehead atoms. The van der Waals surface area contributed by atoms with Crippen LogP contribution in [-0.4, -0.2) is 100 Å². The summed E-state index contributed by atoms with van der Waals surface area (Å²) in [5.41, 5.74) is 0. The van der Waals surface area contributed by atoms with Gasteiger partial charge in [0, 0.05) is 25.8 Å². The van der Waals surface area contributed by atoms with Gasteiger partial charge < -0.3 is 38.1 Å². The summed E-state index contributed by atoms with van der Waals surface area (Å²) in [5.74, 6) is -1.35. The van der Waals surface area contributed by atoms with Gasteiger partial charge in [-0.2, -0.15) is 0 Å². The number of unbranched alkanes of at least 4 members (excludes halogenated alkanes) is 23. The van der Waals surface area contributed by atoms with E-state index in [2.05, 4.69) is 39.5 Å². The standard InChI is InChI=1S/C55H103NO12/c1-6-11-14-17-20-21-26-34-43-62-51(57)39-32-28-33-40-52(58)65-46-49(48-67-55(61)64-45-36-42-56(9-4)10-5)47-66-54(60)63-44-35-27-22-25-31-41-53(59)68-50(37-29-23-18-15-12-7-2)38-30-24-19-16-13-8-3/h49-50H,6-48H2,1-5H3. The zero-order valence-corrected chi connectivity index (χ0v) is 44.4. The first-order chi connectivity index (χ1) is 33.2. The second-order valence-corrected chi connectivity index (χ2v) is 18.7. The third kappa shape index (κ3) is 45.4. The largest absolute Gasteiger partial charge is 0.508 e. The molecule has 0 fully saturated rings. The maximum Gasteiger partial charge on any atom is 0.508 e. The molecule has 0 heterocycles. The molecule has 0 aromatic rings. The smallest absolute Gasteiger partial charge is 0.466 e. The van der Waals surface area contributed by atoms with E-state index in [0.29, 0.717) is 51.6 Å². The van der Waals surface area contributed by atoms with E-state index in [0.717, 1.165) is 83.8 Å². The lowest BCUT2D eigenvalue weighted by atomic mass is 10.0. The van der Waals surface area contributed by atoms with Gasteiger partial charge in [-0.25, -0.2) is 9.59 Å². The lowest BCUT2D eigenvalue weighted by Crippen LogP contribution is -2.27. The highest BCUT2D eigenvalue weighted by Gasteiger charge is 2.19. The zero-order chi connectivity index (χ0) is 50.0. The summed E-state index contributed by atoms with van der Waals surface area (Å²) >= 11 is 0. The summed E-state index contributed by atoms with van der Waals surface area (Å²) < 4.78 is 37.9. The molecule has 0 aliphatic rings. The molecule has 0 radical (unpaired) electrons. The molecule has 68 heavy (non-hydrogen) atoms. The Bertz CT molecular complexity index is 1170. The first kappa shape index (κ1) is 64.9. The van der Waals surface area contributed by atoms with E-state index in [1.54, 1.807) is 0 Å². The maximum atomic E-state index is 12.7. The first-order valence-electron chi connectivity index (χ1n) is 28.0. The van der Waals surface area contributed by atoms with E-state index in [-0.39, 0.29) is 57.5 Å². The van der Waals surface area contributed by atoms with E-state index in [9.17, 15) is 24.0 Å². The van der Waals surface area contributed by atoms with Crippen molar-refractivity contribution in [3.8, 4) is 0 Å². The first-order valence-corrected chi connectivity index (χ1v) is 28.0. The molecule has 400 valence electrons. The van der Waals surface area contributed by atoms with Gasteiger partial charge in [0.25, 0.3) is 0 Å². The van der Waals surface area contributed by atoms with Gasteiger partial charge in [0.2, 0.25) is 0 Å². The van der Waals surface area contributed by atoms with E-state index in [4.69, 9.17) is 33.2 Å². The van der Waals surface area contributed by atoms with Crippen molar-refractivity contribution < 1.29 is 57.1 Å².